The summed E-state index contributed by atoms with van der Waals surface area (Å²) in [6.45, 7) is 0. The van der Waals surface area contributed by atoms with Crippen LogP contribution in [0.3, 0.4) is 0 Å². The monoisotopic (exact) mass is 230 g/mol. The van der Waals surface area contributed by atoms with Gasteiger partial charge in [-0.1, -0.05) is 0 Å². The number of nitrogen functional groups attached to an aromatic ring is 1. The van der Waals surface area contributed by atoms with E-state index in [1.165, 1.54) is 6.07 Å². The zero-order valence-electron chi connectivity index (χ0n) is 8.88. The van der Waals surface area contributed by atoms with Crippen LogP contribution in [-0.2, 0) is 6.18 Å². The van der Waals surface area contributed by atoms with Crippen molar-refractivity contribution >= 4 is 11.4 Å². The second kappa shape index (κ2) is 3.57. The molecule has 0 radical (unpaired) electrons. The molecule has 88 valence electrons. The highest BCUT2D eigenvalue weighted by atomic mass is 19.4. The fraction of sp³-hybridized carbons (Fsp3) is 0.455. The van der Waals surface area contributed by atoms with Crippen molar-refractivity contribution in [2.45, 2.75) is 25.1 Å². The molecule has 1 aromatic carbocycles. The standard InChI is InChI=1S/C11H13F3N2/c1-16(8-3-4-8)10-5-2-7(6-9(10)15)11(12,13)14/h2,5-6,8H,3-4,15H2,1H3. The normalized spacial score (nSPS) is 16.2. The molecule has 5 heteroatoms. The number of halogens is 3. The number of hydrogen-bond donors (Lipinski definition) is 1. The van der Waals surface area contributed by atoms with Crippen LogP contribution in [0.1, 0.15) is 18.4 Å². The summed E-state index contributed by atoms with van der Waals surface area (Å²) in [6.07, 6.45) is -2.17. The molecule has 16 heavy (non-hydrogen) atoms. The summed E-state index contributed by atoms with van der Waals surface area (Å²) in [5.41, 5.74) is 5.81. The molecule has 1 aromatic rings. The van der Waals surface area contributed by atoms with Crippen LogP contribution in [-0.4, -0.2) is 13.1 Å². The van der Waals surface area contributed by atoms with Gasteiger partial charge in [-0.05, 0) is 31.0 Å². The molecule has 0 aromatic heterocycles. The molecule has 2 nitrogen and oxygen atoms in total. The van der Waals surface area contributed by atoms with E-state index in [1.807, 2.05) is 11.9 Å². The van der Waals surface area contributed by atoms with Crippen LogP contribution in [0.15, 0.2) is 18.2 Å². The Balaban J connectivity index is 2.29. The van der Waals surface area contributed by atoms with Gasteiger partial charge in [-0.15, -0.1) is 0 Å². The zero-order chi connectivity index (χ0) is 11.9. The van der Waals surface area contributed by atoms with E-state index < -0.39 is 11.7 Å². The third-order valence-electron chi connectivity index (χ3n) is 2.83. The van der Waals surface area contributed by atoms with Gasteiger partial charge in [-0.25, -0.2) is 0 Å². The lowest BCUT2D eigenvalue weighted by atomic mass is 10.1. The molecule has 2 N–H and O–H groups in total. The number of anilines is 2. The Morgan fingerprint density at radius 2 is 1.94 bits per heavy atom. The number of benzene rings is 1. The Hall–Kier alpha value is -1.39. The summed E-state index contributed by atoms with van der Waals surface area (Å²) in [6, 6.07) is 3.94. The van der Waals surface area contributed by atoms with Gasteiger partial charge in [0.25, 0.3) is 0 Å². The van der Waals surface area contributed by atoms with E-state index in [9.17, 15) is 13.2 Å². The Morgan fingerprint density at radius 1 is 1.31 bits per heavy atom. The molecule has 2 rings (SSSR count). The first-order chi connectivity index (χ1) is 7.39. The topological polar surface area (TPSA) is 29.3 Å². The van der Waals surface area contributed by atoms with Crippen LogP contribution in [0.25, 0.3) is 0 Å². The fourth-order valence-corrected chi connectivity index (χ4v) is 1.71. The quantitative estimate of drug-likeness (QED) is 0.791. The SMILES string of the molecule is CN(c1ccc(C(F)(F)F)cc1N)C1CC1. The molecule has 1 fully saturated rings. The second-order valence-corrected chi connectivity index (χ2v) is 4.11. The van der Waals surface area contributed by atoms with E-state index in [-0.39, 0.29) is 5.69 Å². The first-order valence-corrected chi connectivity index (χ1v) is 5.09. The highest BCUT2D eigenvalue weighted by Gasteiger charge is 2.32. The van der Waals surface area contributed by atoms with E-state index in [0.29, 0.717) is 11.7 Å². The lowest BCUT2D eigenvalue weighted by Gasteiger charge is -2.21. The average Bonchev–Trinajstić information content (AvgIpc) is 2.98. The van der Waals surface area contributed by atoms with Crippen molar-refractivity contribution in [1.29, 1.82) is 0 Å². The Bertz CT molecular complexity index is 397. The molecular weight excluding hydrogens is 217 g/mol. The van der Waals surface area contributed by atoms with Crippen LogP contribution >= 0.6 is 0 Å². The van der Waals surface area contributed by atoms with E-state index in [0.717, 1.165) is 25.0 Å². The molecule has 0 unspecified atom stereocenters. The minimum Gasteiger partial charge on any atom is -0.397 e. The Morgan fingerprint density at radius 3 is 2.38 bits per heavy atom. The van der Waals surface area contributed by atoms with Gasteiger partial charge in [0.15, 0.2) is 0 Å². The third-order valence-corrected chi connectivity index (χ3v) is 2.83. The summed E-state index contributed by atoms with van der Waals surface area (Å²) < 4.78 is 37.2. The van der Waals surface area contributed by atoms with Crippen molar-refractivity contribution in [2.24, 2.45) is 0 Å². The van der Waals surface area contributed by atoms with E-state index >= 15 is 0 Å². The van der Waals surface area contributed by atoms with Crippen molar-refractivity contribution in [3.05, 3.63) is 23.8 Å². The van der Waals surface area contributed by atoms with Crippen molar-refractivity contribution in [3.63, 3.8) is 0 Å². The van der Waals surface area contributed by atoms with E-state index in [1.54, 1.807) is 0 Å². The van der Waals surface area contributed by atoms with E-state index in [4.69, 9.17) is 5.73 Å². The predicted octanol–water partition coefficient (Wildman–Crippen LogP) is 2.89. The lowest BCUT2D eigenvalue weighted by Crippen LogP contribution is -2.21. The summed E-state index contributed by atoms with van der Waals surface area (Å²) in [5.74, 6) is 0. The summed E-state index contributed by atoms with van der Waals surface area (Å²) in [4.78, 5) is 1.94. The largest absolute Gasteiger partial charge is 0.416 e. The molecule has 0 atom stereocenters. The van der Waals surface area contributed by atoms with Crippen LogP contribution in [0.2, 0.25) is 0 Å². The number of rotatable bonds is 2. The maximum absolute atomic E-state index is 12.4. The van der Waals surface area contributed by atoms with Gasteiger partial charge < -0.3 is 10.6 Å². The summed E-state index contributed by atoms with van der Waals surface area (Å²) >= 11 is 0. The first kappa shape index (κ1) is 11.1. The van der Waals surface area contributed by atoms with Crippen LogP contribution < -0.4 is 10.6 Å². The molecule has 0 aliphatic heterocycles. The maximum atomic E-state index is 12.4. The molecule has 0 amide bonds. The van der Waals surface area contributed by atoms with Crippen LogP contribution in [0.5, 0.6) is 0 Å². The van der Waals surface area contributed by atoms with E-state index in [2.05, 4.69) is 0 Å². The fourth-order valence-electron chi connectivity index (χ4n) is 1.71. The molecule has 1 saturated carbocycles. The minimum atomic E-state index is -4.33. The Labute approximate surface area is 91.8 Å². The predicted molar refractivity (Wildman–Crippen MR) is 57.3 cm³/mol. The van der Waals surface area contributed by atoms with Crippen molar-refractivity contribution < 1.29 is 13.2 Å². The highest BCUT2D eigenvalue weighted by molar-refractivity contribution is 5.69. The molecule has 0 spiro atoms. The molecule has 0 bridgehead atoms. The molecule has 0 saturated heterocycles. The van der Waals surface area contributed by atoms with Crippen molar-refractivity contribution in [3.8, 4) is 0 Å². The average molecular weight is 230 g/mol. The highest BCUT2D eigenvalue weighted by Crippen LogP contribution is 2.37. The van der Waals surface area contributed by atoms with Gasteiger partial charge in [-0.2, -0.15) is 13.2 Å². The third kappa shape index (κ3) is 2.08. The second-order valence-electron chi connectivity index (χ2n) is 4.11. The molecular formula is C11H13F3N2. The number of hydrogen-bond acceptors (Lipinski definition) is 2. The van der Waals surface area contributed by atoms with Gasteiger partial charge in [0.2, 0.25) is 0 Å². The molecule has 1 aliphatic carbocycles. The van der Waals surface area contributed by atoms with Crippen LogP contribution in [0, 0.1) is 0 Å². The van der Waals surface area contributed by atoms with Gasteiger partial charge in [-0.3, -0.25) is 0 Å². The lowest BCUT2D eigenvalue weighted by molar-refractivity contribution is -0.137. The van der Waals surface area contributed by atoms with Crippen molar-refractivity contribution in [2.75, 3.05) is 17.7 Å². The number of nitrogens with zero attached hydrogens (tertiary/aromatic N) is 1. The maximum Gasteiger partial charge on any atom is 0.416 e. The van der Waals surface area contributed by atoms with Gasteiger partial charge in [0, 0.05) is 13.1 Å². The minimum absolute atomic E-state index is 0.184. The molecule has 0 heterocycles. The summed E-state index contributed by atoms with van der Waals surface area (Å²) in [5, 5.41) is 0. The molecule has 1 aliphatic rings. The first-order valence-electron chi connectivity index (χ1n) is 5.09. The number of alkyl halides is 3. The smallest absolute Gasteiger partial charge is 0.397 e. The Kier molecular flexibility index (Phi) is 2.48. The van der Waals surface area contributed by atoms with Gasteiger partial charge in [0.05, 0.1) is 16.9 Å². The zero-order valence-corrected chi connectivity index (χ0v) is 8.88. The van der Waals surface area contributed by atoms with Crippen LogP contribution in [0.4, 0.5) is 24.5 Å². The summed E-state index contributed by atoms with van der Waals surface area (Å²) in [7, 11) is 1.86. The van der Waals surface area contributed by atoms with Crippen molar-refractivity contribution in [1.82, 2.24) is 0 Å². The van der Waals surface area contributed by atoms with Gasteiger partial charge in [0.1, 0.15) is 0 Å². The number of nitrogens with two attached hydrogens (primary N) is 1. The van der Waals surface area contributed by atoms with Gasteiger partial charge >= 0.3 is 6.18 Å².